The molecule has 0 spiro atoms. The third kappa shape index (κ3) is 2.53. The summed E-state index contributed by atoms with van der Waals surface area (Å²) < 4.78 is 19.2. The zero-order chi connectivity index (χ0) is 9.19. The van der Waals surface area contributed by atoms with Crippen LogP contribution >= 0.6 is 31.9 Å². The van der Waals surface area contributed by atoms with Crippen LogP contribution in [0.5, 0.6) is 0 Å². The van der Waals surface area contributed by atoms with E-state index >= 15 is 0 Å². The van der Waals surface area contributed by atoms with Crippen LogP contribution in [0.3, 0.4) is 0 Å². The van der Waals surface area contributed by atoms with Crippen LogP contribution in [0, 0.1) is 5.92 Å². The Kier molecular flexibility index (Phi) is 4.21. The van der Waals surface area contributed by atoms with E-state index in [2.05, 4.69) is 31.9 Å². The molecule has 5 heteroatoms. The van der Waals surface area contributed by atoms with Crippen LogP contribution in [-0.4, -0.2) is 11.3 Å². The Morgan fingerprint density at radius 1 is 1.25 bits per heavy atom. The molecule has 1 N–H and O–H groups in total. The maximum atomic E-state index is 10.9. The molecule has 0 bridgehead atoms. The van der Waals surface area contributed by atoms with E-state index in [9.17, 15) is 4.21 Å². The fourth-order valence-corrected chi connectivity index (χ4v) is 3.02. The van der Waals surface area contributed by atoms with Gasteiger partial charge in [-0.15, -0.1) is 0 Å². The predicted molar refractivity (Wildman–Crippen MR) is 57.9 cm³/mol. The molecule has 72 valence electrons. The highest BCUT2D eigenvalue weighted by Crippen LogP contribution is 2.44. The second-order valence-electron chi connectivity index (χ2n) is 3.15. The van der Waals surface area contributed by atoms with Gasteiger partial charge in [-0.05, 0) is 18.8 Å². The van der Waals surface area contributed by atoms with Gasteiger partial charge in [-0.3, -0.25) is 0 Å². The Bertz CT molecular complexity index is 178. The minimum absolute atomic E-state index is 0.275. The van der Waals surface area contributed by atoms with Crippen molar-refractivity contribution >= 4 is 42.9 Å². The molecule has 0 heterocycles. The number of halogens is 2. The predicted octanol–water partition coefficient (Wildman–Crippen LogP) is 3.23. The summed E-state index contributed by atoms with van der Waals surface area (Å²) >= 11 is 4.71. The highest BCUT2D eigenvalue weighted by molar-refractivity contribution is 9.27. The van der Waals surface area contributed by atoms with Gasteiger partial charge in [-0.1, -0.05) is 51.1 Å². The molecule has 0 saturated heterocycles. The molecule has 1 atom stereocenters. The number of hydrogen-bond acceptors (Lipinski definition) is 1. The number of hydrogen-bond donors (Lipinski definition) is 1. The number of rotatable bonds is 2. The molecular weight excluding hydrogens is 308 g/mol. The van der Waals surface area contributed by atoms with Gasteiger partial charge in [-0.2, -0.15) is 0 Å². The molecule has 1 aliphatic carbocycles. The topological polar surface area (TPSA) is 37.3 Å². The van der Waals surface area contributed by atoms with Gasteiger partial charge in [0, 0.05) is 0 Å². The molecule has 0 radical (unpaired) electrons. The zero-order valence-corrected chi connectivity index (χ0v) is 10.6. The molecule has 1 saturated carbocycles. The molecule has 1 aliphatic rings. The van der Waals surface area contributed by atoms with E-state index in [0.717, 1.165) is 12.8 Å². The van der Waals surface area contributed by atoms with Gasteiger partial charge < -0.3 is 4.55 Å². The van der Waals surface area contributed by atoms with Gasteiger partial charge in [-0.25, -0.2) is 4.21 Å². The first-order valence-corrected chi connectivity index (χ1v) is 6.73. The van der Waals surface area contributed by atoms with Crippen molar-refractivity contribution in [1.29, 1.82) is 0 Å². The molecule has 0 amide bonds. The first-order valence-electron chi connectivity index (χ1n) is 4.04. The molecule has 12 heavy (non-hydrogen) atoms. The zero-order valence-electron chi connectivity index (χ0n) is 6.63. The summed E-state index contributed by atoms with van der Waals surface area (Å²) in [5, 5.41) is 0. The largest absolute Gasteiger partial charge is 0.304 e. The van der Waals surface area contributed by atoms with E-state index in [0.29, 0.717) is 0 Å². The fourth-order valence-electron chi connectivity index (χ4n) is 1.58. The van der Waals surface area contributed by atoms with Crippen molar-refractivity contribution in [3.8, 4) is 0 Å². The van der Waals surface area contributed by atoms with Crippen molar-refractivity contribution in [3.05, 3.63) is 0 Å². The van der Waals surface area contributed by atoms with Crippen molar-refractivity contribution in [2.75, 3.05) is 0 Å². The second kappa shape index (κ2) is 4.53. The summed E-state index contributed by atoms with van der Waals surface area (Å²) in [5.41, 5.74) is 0. The highest BCUT2D eigenvalue weighted by Gasteiger charge is 2.39. The first-order chi connectivity index (χ1) is 5.55. The molecule has 1 rings (SSSR count). The first kappa shape index (κ1) is 11.1. The summed E-state index contributed by atoms with van der Waals surface area (Å²) in [6.45, 7) is 0. The van der Waals surface area contributed by atoms with Gasteiger partial charge in [0.15, 0.2) is 13.6 Å². The quantitative estimate of drug-likeness (QED) is 0.626. The maximum absolute atomic E-state index is 10.9. The van der Waals surface area contributed by atoms with Crippen molar-refractivity contribution in [3.63, 3.8) is 0 Å². The van der Waals surface area contributed by atoms with Crippen LogP contribution < -0.4 is 0 Å². The molecule has 0 aromatic carbocycles. The standard InChI is InChI=1S/C7H12Br2O2S/c8-7(9,12(10)11)6-4-2-1-3-5-6/h6H,1-5H2,(H,10,11). The van der Waals surface area contributed by atoms with Crippen molar-refractivity contribution < 1.29 is 8.76 Å². The normalized spacial score (nSPS) is 23.9. The van der Waals surface area contributed by atoms with E-state index in [1.807, 2.05) is 0 Å². The van der Waals surface area contributed by atoms with Crippen molar-refractivity contribution in [2.45, 2.75) is 34.7 Å². The summed E-state index contributed by atoms with van der Waals surface area (Å²) in [6, 6.07) is 0. The van der Waals surface area contributed by atoms with Crippen LogP contribution in [0.2, 0.25) is 0 Å². The second-order valence-corrected chi connectivity index (χ2v) is 8.90. The lowest BCUT2D eigenvalue weighted by Gasteiger charge is -2.30. The summed E-state index contributed by atoms with van der Waals surface area (Å²) in [6.07, 6.45) is 5.65. The Balaban J connectivity index is 2.59. The van der Waals surface area contributed by atoms with Gasteiger partial charge in [0.2, 0.25) is 0 Å². The Labute approximate surface area is 92.0 Å². The smallest absolute Gasteiger partial charge is 0.183 e. The Morgan fingerprint density at radius 2 is 1.75 bits per heavy atom. The molecule has 0 aliphatic heterocycles. The molecule has 2 nitrogen and oxygen atoms in total. The maximum Gasteiger partial charge on any atom is 0.183 e. The van der Waals surface area contributed by atoms with Crippen LogP contribution in [-0.2, 0) is 11.1 Å². The average molecular weight is 320 g/mol. The monoisotopic (exact) mass is 318 g/mol. The van der Waals surface area contributed by atoms with Crippen molar-refractivity contribution in [1.82, 2.24) is 0 Å². The van der Waals surface area contributed by atoms with E-state index in [1.54, 1.807) is 0 Å². The fraction of sp³-hybridized carbons (Fsp3) is 1.00. The number of alkyl halides is 2. The molecule has 1 fully saturated rings. The third-order valence-corrected chi connectivity index (χ3v) is 6.07. The molecular formula is C7H12Br2O2S. The van der Waals surface area contributed by atoms with E-state index in [1.165, 1.54) is 19.3 Å². The Hall–Kier alpha value is 1.07. The van der Waals surface area contributed by atoms with E-state index in [-0.39, 0.29) is 5.92 Å². The average Bonchev–Trinajstić information content (AvgIpc) is 2.06. The molecule has 0 aromatic heterocycles. The lowest BCUT2D eigenvalue weighted by atomic mass is 9.91. The summed E-state index contributed by atoms with van der Waals surface area (Å²) in [7, 11) is 0. The summed E-state index contributed by atoms with van der Waals surface area (Å²) in [5.74, 6) is 0.275. The van der Waals surface area contributed by atoms with Crippen LogP contribution in [0.1, 0.15) is 32.1 Å². The van der Waals surface area contributed by atoms with Crippen LogP contribution in [0.25, 0.3) is 0 Å². The molecule has 0 aromatic rings. The van der Waals surface area contributed by atoms with Gasteiger partial charge in [0.1, 0.15) is 0 Å². The van der Waals surface area contributed by atoms with Crippen molar-refractivity contribution in [2.24, 2.45) is 5.92 Å². The lowest BCUT2D eigenvalue weighted by molar-refractivity contribution is 0.366. The van der Waals surface area contributed by atoms with Gasteiger partial charge in [0.05, 0.1) is 0 Å². The van der Waals surface area contributed by atoms with E-state index < -0.39 is 13.6 Å². The van der Waals surface area contributed by atoms with E-state index in [4.69, 9.17) is 4.55 Å². The molecule has 1 unspecified atom stereocenters. The van der Waals surface area contributed by atoms with Crippen LogP contribution in [0.4, 0.5) is 0 Å². The van der Waals surface area contributed by atoms with Gasteiger partial charge >= 0.3 is 0 Å². The third-order valence-electron chi connectivity index (χ3n) is 2.31. The highest BCUT2D eigenvalue weighted by atomic mass is 79.9. The Morgan fingerprint density at radius 3 is 2.17 bits per heavy atom. The minimum atomic E-state index is -1.84. The minimum Gasteiger partial charge on any atom is -0.304 e. The SMILES string of the molecule is O=S(O)C(Br)(Br)C1CCCCC1. The van der Waals surface area contributed by atoms with Crippen LogP contribution in [0.15, 0.2) is 0 Å². The van der Waals surface area contributed by atoms with Gasteiger partial charge in [0.25, 0.3) is 0 Å². The summed E-state index contributed by atoms with van der Waals surface area (Å²) in [4.78, 5) is 0. The lowest BCUT2D eigenvalue weighted by Crippen LogP contribution is -2.30.